The molecule has 0 fully saturated rings. The summed E-state index contributed by atoms with van der Waals surface area (Å²) >= 11 is 0. The van der Waals surface area contributed by atoms with Gasteiger partial charge >= 0.3 is 0 Å². The minimum Gasteiger partial charge on any atom is -0.493 e. The normalized spacial score (nSPS) is 14.8. The molecule has 0 amide bonds. The highest BCUT2D eigenvalue weighted by molar-refractivity contribution is 5.61. The van der Waals surface area contributed by atoms with Crippen LogP contribution in [0.25, 0.3) is 0 Å². The molecule has 5 rings (SSSR count). The van der Waals surface area contributed by atoms with E-state index in [1.54, 1.807) is 21.3 Å². The Balaban J connectivity index is 1.46. The van der Waals surface area contributed by atoms with Crippen LogP contribution in [0.3, 0.4) is 0 Å². The van der Waals surface area contributed by atoms with Gasteiger partial charge in [0.2, 0.25) is 5.75 Å². The molecule has 1 aliphatic heterocycles. The molecule has 1 heterocycles. The van der Waals surface area contributed by atoms with Gasteiger partial charge in [0.1, 0.15) is 13.2 Å². The van der Waals surface area contributed by atoms with E-state index in [1.165, 1.54) is 5.56 Å². The summed E-state index contributed by atoms with van der Waals surface area (Å²) in [5.74, 6) is 3.51. The van der Waals surface area contributed by atoms with Crippen LogP contribution in [0.15, 0.2) is 84.9 Å². The molecular formula is C34H37NO5. The van der Waals surface area contributed by atoms with E-state index in [9.17, 15) is 0 Å². The zero-order valence-electron chi connectivity index (χ0n) is 23.7. The molecule has 6 nitrogen and oxygen atoms in total. The topological polar surface area (TPSA) is 49.4 Å². The van der Waals surface area contributed by atoms with E-state index in [-0.39, 0.29) is 6.04 Å². The largest absolute Gasteiger partial charge is 0.493 e. The zero-order chi connectivity index (χ0) is 27.9. The highest BCUT2D eigenvalue weighted by atomic mass is 16.5. The van der Waals surface area contributed by atoms with Crippen LogP contribution < -0.4 is 23.7 Å². The highest BCUT2D eigenvalue weighted by Gasteiger charge is 2.32. The molecule has 0 saturated heterocycles. The third-order valence-corrected chi connectivity index (χ3v) is 7.47. The summed E-state index contributed by atoms with van der Waals surface area (Å²) < 4.78 is 30.0. The SMILES string of the molecule is COc1ccc(C[C@H]2c3c(cc(OC)c(OCc4ccccc4)c3OC)CCN2C)cc1OCc1ccccc1. The molecule has 0 aromatic heterocycles. The standard InChI is InChI=1S/C34H37NO5/c1-35-18-17-27-21-31(37-3)33(40-23-25-13-9-6-10-14-25)34(38-4)32(27)28(35)19-26-15-16-29(36-2)30(20-26)39-22-24-11-7-5-8-12-24/h5-16,20-21,28H,17-19,22-23H2,1-4H3/t28-/m0/s1. The van der Waals surface area contributed by atoms with E-state index in [1.807, 2.05) is 42.5 Å². The fourth-order valence-corrected chi connectivity index (χ4v) is 5.32. The highest BCUT2D eigenvalue weighted by Crippen LogP contribution is 2.48. The maximum atomic E-state index is 6.35. The zero-order valence-corrected chi connectivity index (χ0v) is 23.7. The van der Waals surface area contributed by atoms with Crippen molar-refractivity contribution in [3.8, 4) is 28.7 Å². The third-order valence-electron chi connectivity index (χ3n) is 7.47. The van der Waals surface area contributed by atoms with Crippen molar-refractivity contribution in [2.24, 2.45) is 0 Å². The Morgan fingerprint density at radius 1 is 0.650 bits per heavy atom. The smallest absolute Gasteiger partial charge is 0.204 e. The number of ether oxygens (including phenoxy) is 5. The first-order valence-electron chi connectivity index (χ1n) is 13.6. The van der Waals surface area contributed by atoms with Gasteiger partial charge in [-0.3, -0.25) is 4.90 Å². The summed E-state index contributed by atoms with van der Waals surface area (Å²) in [6.45, 7) is 1.83. The third kappa shape index (κ3) is 6.02. The van der Waals surface area contributed by atoms with Crippen LogP contribution in [-0.2, 0) is 26.1 Å². The van der Waals surface area contributed by atoms with Crippen molar-refractivity contribution >= 4 is 0 Å². The molecule has 6 heteroatoms. The van der Waals surface area contributed by atoms with Crippen LogP contribution in [0.5, 0.6) is 28.7 Å². The van der Waals surface area contributed by atoms with E-state index in [0.29, 0.717) is 24.7 Å². The number of methoxy groups -OCH3 is 3. The van der Waals surface area contributed by atoms with Crippen LogP contribution in [-0.4, -0.2) is 39.8 Å². The lowest BCUT2D eigenvalue weighted by Gasteiger charge is -2.36. The molecular weight excluding hydrogens is 502 g/mol. The second kappa shape index (κ2) is 12.8. The van der Waals surface area contributed by atoms with Gasteiger partial charge in [0.15, 0.2) is 23.0 Å². The molecule has 0 aliphatic carbocycles. The Morgan fingerprint density at radius 2 is 1.30 bits per heavy atom. The average molecular weight is 540 g/mol. The molecule has 208 valence electrons. The summed E-state index contributed by atoms with van der Waals surface area (Å²) in [6, 6.07) is 28.7. The molecule has 0 bridgehead atoms. The second-order valence-electron chi connectivity index (χ2n) is 10.00. The number of likely N-dealkylation sites (N-methyl/N-ethyl adjacent to an activating group) is 1. The van der Waals surface area contributed by atoms with Crippen LogP contribution in [0.4, 0.5) is 0 Å². The minimum atomic E-state index is 0.0825. The Hall–Kier alpha value is -4.16. The van der Waals surface area contributed by atoms with Gasteiger partial charge in [0.05, 0.1) is 21.3 Å². The van der Waals surface area contributed by atoms with E-state index < -0.39 is 0 Å². The number of fused-ring (bicyclic) bond motifs is 1. The Bertz CT molecular complexity index is 1410. The Kier molecular flexibility index (Phi) is 8.77. The lowest BCUT2D eigenvalue weighted by atomic mass is 9.87. The van der Waals surface area contributed by atoms with Gasteiger partial charge in [0, 0.05) is 18.2 Å². The number of hydrogen-bond donors (Lipinski definition) is 0. The van der Waals surface area contributed by atoms with Crippen molar-refractivity contribution in [3.05, 3.63) is 113 Å². The van der Waals surface area contributed by atoms with E-state index in [2.05, 4.69) is 54.4 Å². The van der Waals surface area contributed by atoms with Gasteiger partial charge in [-0.2, -0.15) is 0 Å². The quantitative estimate of drug-likeness (QED) is 0.213. The lowest BCUT2D eigenvalue weighted by molar-refractivity contribution is 0.214. The number of rotatable bonds is 11. The number of nitrogens with zero attached hydrogens (tertiary/aromatic N) is 1. The van der Waals surface area contributed by atoms with Crippen LogP contribution >= 0.6 is 0 Å². The summed E-state index contributed by atoms with van der Waals surface area (Å²) in [6.07, 6.45) is 1.68. The van der Waals surface area contributed by atoms with E-state index in [0.717, 1.165) is 58.9 Å². The van der Waals surface area contributed by atoms with Crippen molar-refractivity contribution in [1.82, 2.24) is 4.90 Å². The van der Waals surface area contributed by atoms with Crippen LogP contribution in [0.1, 0.15) is 33.9 Å². The fourth-order valence-electron chi connectivity index (χ4n) is 5.32. The van der Waals surface area contributed by atoms with Gasteiger partial charge in [-0.25, -0.2) is 0 Å². The molecule has 1 atom stereocenters. The Morgan fingerprint density at radius 3 is 1.93 bits per heavy atom. The first-order valence-corrected chi connectivity index (χ1v) is 13.6. The first-order chi connectivity index (χ1) is 19.6. The molecule has 4 aromatic carbocycles. The molecule has 0 spiro atoms. The van der Waals surface area contributed by atoms with Crippen molar-refractivity contribution in [2.75, 3.05) is 34.9 Å². The Labute approximate surface area is 237 Å². The van der Waals surface area contributed by atoms with Crippen molar-refractivity contribution in [1.29, 1.82) is 0 Å². The van der Waals surface area contributed by atoms with Crippen molar-refractivity contribution < 1.29 is 23.7 Å². The summed E-state index contributed by atoms with van der Waals surface area (Å²) in [7, 11) is 7.22. The predicted octanol–water partition coefficient (Wildman–Crippen LogP) is 6.64. The monoisotopic (exact) mass is 539 g/mol. The molecule has 0 saturated carbocycles. The van der Waals surface area contributed by atoms with Gasteiger partial charge in [-0.15, -0.1) is 0 Å². The summed E-state index contributed by atoms with van der Waals surface area (Å²) in [5, 5.41) is 0. The maximum absolute atomic E-state index is 6.35. The average Bonchev–Trinajstić information content (AvgIpc) is 3.00. The fraction of sp³-hybridized carbons (Fsp3) is 0.294. The van der Waals surface area contributed by atoms with E-state index in [4.69, 9.17) is 23.7 Å². The molecule has 4 aromatic rings. The second-order valence-corrected chi connectivity index (χ2v) is 10.00. The molecule has 1 aliphatic rings. The minimum absolute atomic E-state index is 0.0825. The van der Waals surface area contributed by atoms with Gasteiger partial charge in [-0.1, -0.05) is 66.7 Å². The molecule has 0 N–H and O–H groups in total. The van der Waals surface area contributed by atoms with Crippen LogP contribution in [0, 0.1) is 0 Å². The molecule has 0 radical (unpaired) electrons. The number of benzene rings is 4. The van der Waals surface area contributed by atoms with Gasteiger partial charge < -0.3 is 23.7 Å². The van der Waals surface area contributed by atoms with Gasteiger partial charge in [0.25, 0.3) is 0 Å². The lowest BCUT2D eigenvalue weighted by Crippen LogP contribution is -2.34. The summed E-state index contributed by atoms with van der Waals surface area (Å²) in [4.78, 5) is 2.38. The van der Waals surface area contributed by atoms with Gasteiger partial charge in [-0.05, 0) is 60.3 Å². The predicted molar refractivity (Wildman–Crippen MR) is 157 cm³/mol. The summed E-state index contributed by atoms with van der Waals surface area (Å²) in [5.41, 5.74) is 5.70. The first kappa shape index (κ1) is 27.4. The molecule has 40 heavy (non-hydrogen) atoms. The van der Waals surface area contributed by atoms with Crippen LogP contribution in [0.2, 0.25) is 0 Å². The van der Waals surface area contributed by atoms with Crippen molar-refractivity contribution in [2.45, 2.75) is 32.1 Å². The number of hydrogen-bond acceptors (Lipinski definition) is 6. The maximum Gasteiger partial charge on any atom is 0.204 e. The van der Waals surface area contributed by atoms with Crippen molar-refractivity contribution in [3.63, 3.8) is 0 Å². The molecule has 0 unspecified atom stereocenters. The van der Waals surface area contributed by atoms with E-state index >= 15 is 0 Å².